The number of rotatable bonds is 4. The number of fused-ring (bicyclic) bond motifs is 7. The van der Waals surface area contributed by atoms with Crippen molar-refractivity contribution in [2.45, 2.75) is 0 Å². The number of hydrogen-bond acceptors (Lipinski definition) is 1. The molecule has 0 aliphatic rings. The zero-order chi connectivity index (χ0) is 48.0. The van der Waals surface area contributed by atoms with Crippen molar-refractivity contribution in [1.82, 2.24) is 0 Å². The first-order valence-corrected chi connectivity index (χ1v) is 15.4. The smallest absolute Gasteiger partial charge is 0.143 e. The van der Waals surface area contributed by atoms with E-state index >= 15 is 0 Å². The van der Waals surface area contributed by atoms with Gasteiger partial charge in [0.2, 0.25) is 0 Å². The molecule has 1 heterocycles. The molecule has 0 unspecified atom stereocenters. The van der Waals surface area contributed by atoms with Crippen LogP contribution in [-0.4, -0.2) is 0 Å². The maximum absolute atomic E-state index is 9.81. The van der Waals surface area contributed by atoms with Gasteiger partial charge in [0.15, 0.2) is 0 Å². The lowest BCUT2D eigenvalue weighted by atomic mass is 9.83. The largest absolute Gasteiger partial charge is 0.455 e. The van der Waals surface area contributed by atoms with Gasteiger partial charge in [0.1, 0.15) is 11.2 Å². The first kappa shape index (κ1) is 15.2. The number of benzene rings is 9. The fourth-order valence-corrected chi connectivity index (χ4v) is 6.59. The Bertz CT molecular complexity index is 3800. The molecule has 1 aromatic heterocycles. The van der Waals surface area contributed by atoms with E-state index in [-0.39, 0.29) is 55.4 Å². The fourth-order valence-electron chi connectivity index (χ4n) is 6.59. The SMILES string of the molecule is [2H]c1c([2H])c([2H])c(-c2c([2H])c([2H])c(-c3ccccc3-c3c4ccccc4c(-c4c([2H])c([2H])c5oc6c7c([2H])c([2H])c([2H])c([2H])c7c([2H])c([2H])c6c5c4[2H])c4ccccc34)c([2H])c2[2H])c([2H])c1[2H]. The predicted molar refractivity (Wildman–Crippen MR) is 208 cm³/mol. The van der Waals surface area contributed by atoms with Crippen LogP contribution < -0.4 is 0 Å². The highest BCUT2D eigenvalue weighted by atomic mass is 16.3. The second-order valence-electron chi connectivity index (χ2n) is 11.4. The Morgan fingerprint density at radius 2 is 0.939 bits per heavy atom. The maximum Gasteiger partial charge on any atom is 0.143 e. The van der Waals surface area contributed by atoms with E-state index in [1.165, 1.54) is 0 Å². The van der Waals surface area contributed by atoms with Gasteiger partial charge >= 0.3 is 0 Å². The predicted octanol–water partition coefficient (Wildman–Crippen LogP) is 13.7. The molecule has 0 aliphatic heterocycles. The van der Waals surface area contributed by atoms with Crippen molar-refractivity contribution >= 4 is 54.3 Å². The van der Waals surface area contributed by atoms with Crippen molar-refractivity contribution < 1.29 is 29.1 Å². The van der Waals surface area contributed by atoms with Gasteiger partial charge in [-0.25, -0.2) is 0 Å². The third-order valence-corrected chi connectivity index (χ3v) is 8.71. The average Bonchev–Trinajstić information content (AvgIpc) is 3.73. The molecule has 0 saturated heterocycles. The maximum atomic E-state index is 9.81. The molecule has 0 spiro atoms. The Kier molecular flexibility index (Phi) is 3.43. The van der Waals surface area contributed by atoms with Crippen LogP contribution in [0.4, 0.5) is 0 Å². The Morgan fingerprint density at radius 3 is 1.67 bits per heavy atom. The summed E-state index contributed by atoms with van der Waals surface area (Å²) in [6.45, 7) is 0. The molecule has 0 radical (unpaired) electrons. The molecule has 1 heteroatoms. The van der Waals surface area contributed by atoms with Crippen LogP contribution in [0.5, 0.6) is 0 Å². The molecular formula is C48H30O. The van der Waals surface area contributed by atoms with Gasteiger partial charge in [-0.15, -0.1) is 0 Å². The van der Waals surface area contributed by atoms with E-state index in [0.29, 0.717) is 38.2 Å². The fraction of sp³-hybridized carbons (Fsp3) is 0. The Balaban J connectivity index is 1.29. The molecular weight excluding hydrogens is 593 g/mol. The van der Waals surface area contributed by atoms with Crippen LogP contribution in [0.3, 0.4) is 0 Å². The van der Waals surface area contributed by atoms with E-state index in [9.17, 15) is 6.85 Å². The third kappa shape index (κ3) is 4.40. The Morgan fingerprint density at radius 1 is 0.367 bits per heavy atom. The summed E-state index contributed by atoms with van der Waals surface area (Å²) in [6, 6.07) is 10.9. The molecule has 0 fully saturated rings. The van der Waals surface area contributed by atoms with Crippen molar-refractivity contribution in [3.63, 3.8) is 0 Å². The molecule has 0 saturated carbocycles. The van der Waals surface area contributed by atoms with Gasteiger partial charge in [0.25, 0.3) is 0 Å². The normalized spacial score (nSPS) is 16.8. The zero-order valence-corrected chi connectivity index (χ0v) is 25.3. The van der Waals surface area contributed by atoms with Crippen molar-refractivity contribution in [2.24, 2.45) is 0 Å². The van der Waals surface area contributed by atoms with Gasteiger partial charge in [0, 0.05) is 16.2 Å². The van der Waals surface area contributed by atoms with Crippen LogP contribution in [-0.2, 0) is 0 Å². The molecule has 0 aliphatic carbocycles. The quantitative estimate of drug-likeness (QED) is 0.174. The van der Waals surface area contributed by atoms with Gasteiger partial charge in [-0.05, 0) is 89.6 Å². The topological polar surface area (TPSA) is 13.1 Å². The minimum atomic E-state index is -0.688. The summed E-state index contributed by atoms with van der Waals surface area (Å²) in [5.41, 5.74) is 0.149. The summed E-state index contributed by atoms with van der Waals surface area (Å²) in [5.74, 6) is 0. The summed E-state index contributed by atoms with van der Waals surface area (Å²) in [7, 11) is 0. The van der Waals surface area contributed by atoms with Gasteiger partial charge < -0.3 is 4.42 Å². The third-order valence-electron chi connectivity index (χ3n) is 8.71. The van der Waals surface area contributed by atoms with E-state index < -0.39 is 114 Å². The highest BCUT2D eigenvalue weighted by Gasteiger charge is 2.20. The monoisotopic (exact) mass is 640 g/mol. The number of hydrogen-bond donors (Lipinski definition) is 0. The highest BCUT2D eigenvalue weighted by Crippen LogP contribution is 2.47. The number of furan rings is 1. The second-order valence-corrected chi connectivity index (χ2v) is 11.4. The van der Waals surface area contributed by atoms with Crippen LogP contribution in [0.15, 0.2) is 186 Å². The van der Waals surface area contributed by atoms with Gasteiger partial charge in [-0.1, -0.05) is 163 Å². The average molecular weight is 641 g/mol. The van der Waals surface area contributed by atoms with Crippen LogP contribution in [0.25, 0.3) is 98.8 Å². The summed E-state index contributed by atoms with van der Waals surface area (Å²) < 4.78 is 165. The van der Waals surface area contributed by atoms with E-state index in [1.54, 1.807) is 60.7 Å². The molecule has 9 aromatic carbocycles. The van der Waals surface area contributed by atoms with E-state index in [4.69, 9.17) is 22.2 Å². The molecule has 0 amide bonds. The zero-order valence-electron chi connectivity index (χ0n) is 43.3. The van der Waals surface area contributed by atoms with E-state index in [1.807, 2.05) is 12.1 Å². The van der Waals surface area contributed by atoms with Gasteiger partial charge in [-0.2, -0.15) is 0 Å². The molecule has 10 rings (SSSR count). The molecule has 49 heavy (non-hydrogen) atoms. The Hall–Kier alpha value is -6.44. The van der Waals surface area contributed by atoms with E-state index in [0.717, 1.165) is 0 Å². The summed E-state index contributed by atoms with van der Waals surface area (Å²) in [5, 5.41) is 1.49. The highest BCUT2D eigenvalue weighted by molar-refractivity contribution is 6.23. The van der Waals surface area contributed by atoms with E-state index in [2.05, 4.69) is 0 Å². The van der Waals surface area contributed by atoms with Gasteiger partial charge in [0.05, 0.1) is 24.7 Å². The summed E-state index contributed by atoms with van der Waals surface area (Å²) in [6.07, 6.45) is 0. The van der Waals surface area contributed by atoms with Crippen LogP contribution in [0.2, 0.25) is 0 Å². The van der Waals surface area contributed by atoms with Crippen LogP contribution in [0, 0.1) is 0 Å². The van der Waals surface area contributed by atoms with Crippen molar-refractivity contribution in [3.05, 3.63) is 182 Å². The molecule has 1 nitrogen and oxygen atoms in total. The lowest BCUT2D eigenvalue weighted by Gasteiger charge is -2.20. The minimum absolute atomic E-state index is 0.0174. The lowest BCUT2D eigenvalue weighted by molar-refractivity contribution is 0.672. The summed E-state index contributed by atoms with van der Waals surface area (Å²) >= 11 is 0. The Labute approximate surface area is 309 Å². The second kappa shape index (κ2) is 11.1. The van der Waals surface area contributed by atoms with Crippen LogP contribution >= 0.6 is 0 Å². The molecule has 0 bridgehead atoms. The summed E-state index contributed by atoms with van der Waals surface area (Å²) in [4.78, 5) is 0. The van der Waals surface area contributed by atoms with Gasteiger partial charge in [-0.3, -0.25) is 0 Å². The molecule has 10 aromatic rings. The lowest BCUT2D eigenvalue weighted by Crippen LogP contribution is -1.92. The first-order valence-electron chi connectivity index (χ1n) is 24.4. The first-order chi connectivity index (χ1) is 31.8. The van der Waals surface area contributed by atoms with Crippen molar-refractivity contribution in [3.8, 4) is 44.5 Å². The minimum Gasteiger partial charge on any atom is -0.455 e. The van der Waals surface area contributed by atoms with Crippen LogP contribution in [0.1, 0.15) is 24.7 Å². The molecule has 228 valence electrons. The van der Waals surface area contributed by atoms with Crippen molar-refractivity contribution in [1.29, 1.82) is 0 Å². The van der Waals surface area contributed by atoms with Crippen molar-refractivity contribution in [2.75, 3.05) is 0 Å². The standard InChI is InChI=1S/C48H30O/c1-2-12-31(13-3-1)32-22-24-34(25-23-32)36-15-6-7-17-38(36)47-41-20-10-8-18-39(41)46(40-19-9-11-21-42(40)47)35-27-29-45-44(30-35)43-28-26-33-14-4-5-16-37(33)48(43)49-45/h1-30H/i1D,2D,3D,4D,5D,12D,13D,14D,16D,22D,23D,24D,25D,26D,27D,28D,29D,30D. The molecule has 0 N–H and O–H groups in total. The molecule has 0 atom stereocenters.